The molecule has 1 fully saturated rings. The van der Waals surface area contributed by atoms with Crippen molar-refractivity contribution in [1.82, 2.24) is 10.2 Å². The molecule has 88 valence electrons. The molecular formula is C13H14N2OS. The van der Waals surface area contributed by atoms with E-state index in [0.717, 1.165) is 10.9 Å². The molecule has 1 aliphatic carbocycles. The molecule has 17 heavy (non-hydrogen) atoms. The van der Waals surface area contributed by atoms with E-state index in [1.54, 1.807) is 0 Å². The minimum Gasteiger partial charge on any atom is -0.464 e. The average molecular weight is 246 g/mol. The number of hydrogen-bond donors (Lipinski definition) is 0. The largest absolute Gasteiger partial charge is 0.464 e. The van der Waals surface area contributed by atoms with Crippen LogP contribution in [0.1, 0.15) is 34.9 Å². The van der Waals surface area contributed by atoms with E-state index in [2.05, 4.69) is 34.5 Å². The predicted molar refractivity (Wildman–Crippen MR) is 67.4 cm³/mol. The molecule has 1 aromatic heterocycles. The lowest BCUT2D eigenvalue weighted by Gasteiger charge is -2.03. The Morgan fingerprint density at radius 3 is 2.59 bits per heavy atom. The van der Waals surface area contributed by atoms with Crippen LogP contribution in [0.15, 0.2) is 24.3 Å². The molecule has 0 N–H and O–H groups in total. The van der Waals surface area contributed by atoms with E-state index in [-0.39, 0.29) is 0 Å². The molecule has 0 saturated heterocycles. The van der Waals surface area contributed by atoms with Crippen LogP contribution in [0.25, 0.3) is 0 Å². The van der Waals surface area contributed by atoms with Gasteiger partial charge in [0.15, 0.2) is 0 Å². The monoisotopic (exact) mass is 246 g/mol. The molecule has 0 amide bonds. The minimum absolute atomic E-state index is 0.569. The van der Waals surface area contributed by atoms with Crippen molar-refractivity contribution in [3.05, 3.63) is 40.4 Å². The number of hydrogen-bond acceptors (Lipinski definition) is 4. The molecule has 0 unspecified atom stereocenters. The highest BCUT2D eigenvalue weighted by atomic mass is 32.1. The van der Waals surface area contributed by atoms with Gasteiger partial charge in [-0.25, -0.2) is 0 Å². The maximum Gasteiger partial charge on any atom is 0.294 e. The van der Waals surface area contributed by atoms with Crippen LogP contribution >= 0.6 is 11.3 Å². The van der Waals surface area contributed by atoms with Crippen LogP contribution in [0, 0.1) is 6.92 Å². The molecule has 1 saturated carbocycles. The van der Waals surface area contributed by atoms with Gasteiger partial charge < -0.3 is 4.74 Å². The summed E-state index contributed by atoms with van der Waals surface area (Å²) in [5, 5.41) is 9.43. The molecule has 1 aliphatic rings. The fourth-order valence-electron chi connectivity index (χ4n) is 1.78. The van der Waals surface area contributed by atoms with Gasteiger partial charge in [-0.15, -0.1) is 10.2 Å². The van der Waals surface area contributed by atoms with E-state index in [1.807, 2.05) is 6.92 Å². The summed E-state index contributed by atoms with van der Waals surface area (Å²) >= 11 is 1.48. The van der Waals surface area contributed by atoms with E-state index in [9.17, 15) is 0 Å². The smallest absolute Gasteiger partial charge is 0.294 e. The van der Waals surface area contributed by atoms with Crippen molar-refractivity contribution in [3.8, 4) is 5.19 Å². The molecule has 1 heterocycles. The van der Waals surface area contributed by atoms with Gasteiger partial charge >= 0.3 is 0 Å². The van der Waals surface area contributed by atoms with Crippen molar-refractivity contribution >= 4 is 11.3 Å². The molecule has 3 rings (SSSR count). The van der Waals surface area contributed by atoms with Crippen LogP contribution < -0.4 is 4.74 Å². The van der Waals surface area contributed by atoms with Crippen molar-refractivity contribution in [3.63, 3.8) is 0 Å². The third kappa shape index (κ3) is 2.64. The average Bonchev–Trinajstić information content (AvgIpc) is 3.11. The Morgan fingerprint density at radius 2 is 2.00 bits per heavy atom. The third-order valence-electron chi connectivity index (χ3n) is 2.90. The Balaban J connectivity index is 1.60. The van der Waals surface area contributed by atoms with Crippen molar-refractivity contribution < 1.29 is 4.74 Å². The standard InChI is InChI=1S/C13H14N2OS/c1-9-14-15-13(17-9)16-8-10-2-4-11(5-3-10)12-6-7-12/h2-5,12H,6-8H2,1H3. The van der Waals surface area contributed by atoms with E-state index in [4.69, 9.17) is 4.74 Å². The number of nitrogens with zero attached hydrogens (tertiary/aromatic N) is 2. The first kappa shape index (κ1) is 10.7. The van der Waals surface area contributed by atoms with Crippen LogP contribution in [0.2, 0.25) is 0 Å². The van der Waals surface area contributed by atoms with Gasteiger partial charge in [-0.05, 0) is 36.8 Å². The van der Waals surface area contributed by atoms with E-state index < -0.39 is 0 Å². The predicted octanol–water partition coefficient (Wildman–Crippen LogP) is 3.30. The fraction of sp³-hybridized carbons (Fsp3) is 0.385. The molecule has 0 atom stereocenters. The van der Waals surface area contributed by atoms with Crippen molar-refractivity contribution in [1.29, 1.82) is 0 Å². The summed E-state index contributed by atoms with van der Waals surface area (Å²) < 4.78 is 5.57. The lowest BCUT2D eigenvalue weighted by molar-refractivity contribution is 0.302. The lowest BCUT2D eigenvalue weighted by atomic mass is 10.1. The van der Waals surface area contributed by atoms with Gasteiger partial charge in [0, 0.05) is 0 Å². The molecule has 4 heteroatoms. The summed E-state index contributed by atoms with van der Waals surface area (Å²) in [5.74, 6) is 0.816. The molecule has 0 aliphatic heterocycles. The van der Waals surface area contributed by atoms with Crippen LogP contribution in [0.5, 0.6) is 5.19 Å². The number of aromatic nitrogens is 2. The molecule has 0 spiro atoms. The van der Waals surface area contributed by atoms with E-state index >= 15 is 0 Å². The first-order chi connectivity index (χ1) is 8.31. The van der Waals surface area contributed by atoms with Crippen molar-refractivity contribution in [2.45, 2.75) is 32.3 Å². The van der Waals surface area contributed by atoms with E-state index in [0.29, 0.717) is 11.8 Å². The quantitative estimate of drug-likeness (QED) is 0.830. The van der Waals surface area contributed by atoms with E-state index in [1.165, 1.54) is 35.3 Å². The zero-order chi connectivity index (χ0) is 11.7. The highest BCUT2D eigenvalue weighted by molar-refractivity contribution is 7.12. The number of benzene rings is 1. The van der Waals surface area contributed by atoms with Crippen LogP contribution in [0.4, 0.5) is 0 Å². The Bertz CT molecular complexity index is 502. The Kier molecular flexibility index (Phi) is 2.81. The SMILES string of the molecule is Cc1nnc(OCc2ccc(C3CC3)cc2)s1. The Morgan fingerprint density at radius 1 is 1.24 bits per heavy atom. The normalized spacial score (nSPS) is 14.9. The highest BCUT2D eigenvalue weighted by Gasteiger charge is 2.22. The third-order valence-corrected chi connectivity index (χ3v) is 3.65. The number of aryl methyl sites for hydroxylation is 1. The van der Waals surface area contributed by atoms with Gasteiger partial charge in [0.2, 0.25) is 0 Å². The van der Waals surface area contributed by atoms with Gasteiger partial charge in [0.25, 0.3) is 5.19 Å². The van der Waals surface area contributed by atoms with Gasteiger partial charge in [0.05, 0.1) is 0 Å². The molecule has 1 aromatic carbocycles. The summed E-state index contributed by atoms with van der Waals surface area (Å²) in [6.07, 6.45) is 2.69. The number of ether oxygens (including phenoxy) is 1. The Labute approximate surface area is 104 Å². The lowest BCUT2D eigenvalue weighted by Crippen LogP contribution is -1.95. The zero-order valence-electron chi connectivity index (χ0n) is 9.72. The topological polar surface area (TPSA) is 35.0 Å². The highest BCUT2D eigenvalue weighted by Crippen LogP contribution is 2.39. The Hall–Kier alpha value is -1.42. The van der Waals surface area contributed by atoms with Gasteiger partial charge in [-0.2, -0.15) is 0 Å². The second-order valence-corrected chi connectivity index (χ2v) is 5.54. The van der Waals surface area contributed by atoms with Crippen LogP contribution in [-0.4, -0.2) is 10.2 Å². The van der Waals surface area contributed by atoms with Crippen LogP contribution in [0.3, 0.4) is 0 Å². The summed E-state index contributed by atoms with van der Waals surface area (Å²) in [5.41, 5.74) is 2.64. The first-order valence-electron chi connectivity index (χ1n) is 5.83. The molecule has 0 bridgehead atoms. The second-order valence-electron chi connectivity index (χ2n) is 4.39. The molecule has 3 nitrogen and oxygen atoms in total. The molecule has 0 radical (unpaired) electrons. The van der Waals surface area contributed by atoms with Crippen LogP contribution in [-0.2, 0) is 6.61 Å². The summed E-state index contributed by atoms with van der Waals surface area (Å²) in [6.45, 7) is 2.49. The van der Waals surface area contributed by atoms with Crippen molar-refractivity contribution in [2.24, 2.45) is 0 Å². The maximum atomic E-state index is 5.57. The second kappa shape index (κ2) is 4.45. The fourth-order valence-corrected chi connectivity index (χ4v) is 2.32. The maximum absolute atomic E-state index is 5.57. The molecular weight excluding hydrogens is 232 g/mol. The molecule has 2 aromatic rings. The van der Waals surface area contributed by atoms with Gasteiger partial charge in [-0.3, -0.25) is 0 Å². The first-order valence-corrected chi connectivity index (χ1v) is 6.64. The van der Waals surface area contributed by atoms with Gasteiger partial charge in [-0.1, -0.05) is 35.6 Å². The van der Waals surface area contributed by atoms with Crippen molar-refractivity contribution in [2.75, 3.05) is 0 Å². The summed E-state index contributed by atoms with van der Waals surface area (Å²) in [4.78, 5) is 0. The summed E-state index contributed by atoms with van der Waals surface area (Å²) in [6, 6.07) is 8.70. The number of rotatable bonds is 4. The minimum atomic E-state index is 0.569. The summed E-state index contributed by atoms with van der Waals surface area (Å²) in [7, 11) is 0. The zero-order valence-corrected chi connectivity index (χ0v) is 10.5. The van der Waals surface area contributed by atoms with Gasteiger partial charge in [0.1, 0.15) is 11.6 Å².